The minimum atomic E-state index is 0.608. The second-order valence-corrected chi connectivity index (χ2v) is 6.17. The Bertz CT molecular complexity index is 396. The number of hydrogen-bond acceptors (Lipinski definition) is 0. The highest BCUT2D eigenvalue weighted by Crippen LogP contribution is 2.37. The summed E-state index contributed by atoms with van der Waals surface area (Å²) >= 11 is 0. The molecule has 0 aromatic heterocycles. The maximum Gasteiger partial charge on any atom is 0.0872 e. The molecule has 0 unspecified atom stereocenters. The smallest absolute Gasteiger partial charge is 0.0872 e. The molecule has 0 heterocycles. The first-order valence-corrected chi connectivity index (χ1v) is 8.20. The third-order valence-corrected chi connectivity index (χ3v) is 4.73. The van der Waals surface area contributed by atoms with Gasteiger partial charge in [-0.2, -0.15) is 0 Å². The summed E-state index contributed by atoms with van der Waals surface area (Å²) in [5.74, 6) is 1.69. The number of benzene rings is 1. The summed E-state index contributed by atoms with van der Waals surface area (Å²) in [5, 5.41) is 0. The lowest BCUT2D eigenvalue weighted by Gasteiger charge is -2.29. The van der Waals surface area contributed by atoms with Crippen molar-refractivity contribution >= 4 is 6.08 Å². The van der Waals surface area contributed by atoms with Gasteiger partial charge in [0.1, 0.15) is 0 Å². The van der Waals surface area contributed by atoms with Gasteiger partial charge < -0.3 is 0 Å². The van der Waals surface area contributed by atoms with E-state index in [1.165, 1.54) is 63.0 Å². The summed E-state index contributed by atoms with van der Waals surface area (Å²) in [6, 6.07) is 8.41. The zero-order valence-corrected chi connectivity index (χ0v) is 12.7. The van der Waals surface area contributed by atoms with Crippen LogP contribution in [0.2, 0.25) is 0 Å². The molecule has 0 nitrogen and oxygen atoms in total. The van der Waals surface area contributed by atoms with Crippen molar-refractivity contribution < 1.29 is 4.39 Å². The number of hydrogen-bond donors (Lipinski definition) is 0. The molecule has 2 rings (SSSR count). The Kier molecular flexibility index (Phi) is 6.29. The van der Waals surface area contributed by atoms with Gasteiger partial charge in [-0.1, -0.05) is 56.9 Å². The highest BCUT2D eigenvalue weighted by atomic mass is 19.1. The van der Waals surface area contributed by atoms with Crippen LogP contribution < -0.4 is 0 Å². The van der Waals surface area contributed by atoms with Crippen LogP contribution in [0.4, 0.5) is 4.39 Å². The van der Waals surface area contributed by atoms with Crippen molar-refractivity contribution in [1.29, 1.82) is 0 Å². The van der Waals surface area contributed by atoms with Crippen molar-refractivity contribution in [3.63, 3.8) is 0 Å². The minimum Gasteiger partial charge on any atom is -0.216 e. The van der Waals surface area contributed by atoms with E-state index in [9.17, 15) is 4.39 Å². The van der Waals surface area contributed by atoms with Crippen molar-refractivity contribution in [3.8, 4) is 0 Å². The standard InChI is InChI=1S/C19H27F/c1-2-3-4-5-16-6-10-18(11-7-16)19-12-8-17(9-13-19)14-15-20/h8-9,12-16,18H,2-7,10-11H2,1H3/b15-14+. The minimum absolute atomic E-state index is 0.608. The molecule has 1 saturated carbocycles. The SMILES string of the molecule is CCCCCC1CCC(c2ccc(/C=C/F)cc2)CC1. The Balaban J connectivity index is 1.81. The maximum absolute atomic E-state index is 12.1. The van der Waals surface area contributed by atoms with E-state index in [1.54, 1.807) is 0 Å². The average molecular weight is 274 g/mol. The highest BCUT2D eigenvalue weighted by Gasteiger charge is 2.21. The Morgan fingerprint density at radius 3 is 2.35 bits per heavy atom. The van der Waals surface area contributed by atoms with Gasteiger partial charge in [-0.15, -0.1) is 0 Å². The number of unbranched alkanes of at least 4 members (excludes halogenated alkanes) is 2. The lowest BCUT2D eigenvalue weighted by molar-refractivity contribution is 0.303. The van der Waals surface area contributed by atoms with E-state index in [4.69, 9.17) is 0 Å². The predicted octanol–water partition coefficient (Wildman–Crippen LogP) is 6.48. The molecular weight excluding hydrogens is 247 g/mol. The van der Waals surface area contributed by atoms with Crippen LogP contribution in [0.3, 0.4) is 0 Å². The quantitative estimate of drug-likeness (QED) is 0.521. The second-order valence-electron chi connectivity index (χ2n) is 6.17. The normalized spacial score (nSPS) is 23.3. The summed E-state index contributed by atoms with van der Waals surface area (Å²) in [5.41, 5.74) is 2.39. The fourth-order valence-electron chi connectivity index (χ4n) is 3.42. The molecule has 0 bridgehead atoms. The topological polar surface area (TPSA) is 0 Å². The van der Waals surface area contributed by atoms with E-state index < -0.39 is 0 Å². The first-order chi connectivity index (χ1) is 9.83. The fourth-order valence-corrected chi connectivity index (χ4v) is 3.42. The second kappa shape index (κ2) is 8.24. The van der Waals surface area contributed by atoms with Crippen LogP contribution in [0, 0.1) is 5.92 Å². The molecule has 0 N–H and O–H groups in total. The Hall–Kier alpha value is -1.11. The molecule has 0 aliphatic heterocycles. The zero-order chi connectivity index (χ0) is 14.2. The molecule has 1 heteroatoms. The molecule has 0 spiro atoms. The van der Waals surface area contributed by atoms with Crippen LogP contribution in [0.25, 0.3) is 6.08 Å². The van der Waals surface area contributed by atoms with Crippen LogP contribution in [0.1, 0.15) is 75.3 Å². The van der Waals surface area contributed by atoms with Gasteiger partial charge in [0, 0.05) is 0 Å². The molecule has 0 saturated heterocycles. The molecule has 20 heavy (non-hydrogen) atoms. The monoisotopic (exact) mass is 274 g/mol. The van der Waals surface area contributed by atoms with Gasteiger partial charge in [0.05, 0.1) is 6.33 Å². The molecule has 0 atom stereocenters. The molecule has 1 aliphatic carbocycles. The van der Waals surface area contributed by atoms with Crippen molar-refractivity contribution in [2.75, 3.05) is 0 Å². The highest BCUT2D eigenvalue weighted by molar-refractivity contribution is 5.48. The van der Waals surface area contributed by atoms with E-state index in [1.807, 2.05) is 12.1 Å². The van der Waals surface area contributed by atoms with Crippen LogP contribution in [0.5, 0.6) is 0 Å². The molecule has 1 aromatic rings. The van der Waals surface area contributed by atoms with Crippen molar-refractivity contribution in [2.24, 2.45) is 5.92 Å². The van der Waals surface area contributed by atoms with Crippen LogP contribution in [0.15, 0.2) is 30.6 Å². The van der Waals surface area contributed by atoms with Crippen molar-refractivity contribution in [3.05, 3.63) is 41.7 Å². The molecule has 0 amide bonds. The molecule has 1 aliphatic rings. The Morgan fingerprint density at radius 1 is 1.05 bits per heavy atom. The van der Waals surface area contributed by atoms with Crippen LogP contribution in [-0.4, -0.2) is 0 Å². The first-order valence-electron chi connectivity index (χ1n) is 8.20. The van der Waals surface area contributed by atoms with E-state index in [-0.39, 0.29) is 0 Å². The summed E-state index contributed by atoms with van der Waals surface area (Å²) < 4.78 is 12.1. The molecule has 110 valence electrons. The van der Waals surface area contributed by atoms with Gasteiger partial charge >= 0.3 is 0 Å². The lowest BCUT2D eigenvalue weighted by atomic mass is 9.77. The van der Waals surface area contributed by atoms with E-state index >= 15 is 0 Å². The first kappa shape index (κ1) is 15.3. The third-order valence-electron chi connectivity index (χ3n) is 4.73. The number of halogens is 1. The summed E-state index contributed by atoms with van der Waals surface area (Å²) in [4.78, 5) is 0. The molecule has 1 fully saturated rings. The van der Waals surface area contributed by atoms with Gasteiger partial charge in [-0.3, -0.25) is 0 Å². The van der Waals surface area contributed by atoms with E-state index in [0.29, 0.717) is 6.33 Å². The zero-order valence-electron chi connectivity index (χ0n) is 12.7. The van der Waals surface area contributed by atoms with Crippen LogP contribution in [-0.2, 0) is 0 Å². The Morgan fingerprint density at radius 2 is 1.75 bits per heavy atom. The van der Waals surface area contributed by atoms with Crippen molar-refractivity contribution in [1.82, 2.24) is 0 Å². The average Bonchev–Trinajstić information content (AvgIpc) is 2.49. The Labute approximate surface area is 123 Å². The maximum atomic E-state index is 12.1. The van der Waals surface area contributed by atoms with Crippen LogP contribution >= 0.6 is 0 Å². The third kappa shape index (κ3) is 4.47. The van der Waals surface area contributed by atoms with Gasteiger partial charge in [0.25, 0.3) is 0 Å². The van der Waals surface area contributed by atoms with Gasteiger partial charge in [0.2, 0.25) is 0 Å². The molecule has 1 aromatic carbocycles. The lowest BCUT2D eigenvalue weighted by Crippen LogP contribution is -2.13. The summed E-state index contributed by atoms with van der Waals surface area (Å²) in [6.07, 6.45) is 13.1. The van der Waals surface area contributed by atoms with Gasteiger partial charge in [-0.25, -0.2) is 4.39 Å². The molecular formula is C19H27F. The van der Waals surface area contributed by atoms with E-state index in [0.717, 1.165) is 17.4 Å². The van der Waals surface area contributed by atoms with Crippen molar-refractivity contribution in [2.45, 2.75) is 64.2 Å². The van der Waals surface area contributed by atoms with Gasteiger partial charge in [-0.05, 0) is 54.7 Å². The fraction of sp³-hybridized carbons (Fsp3) is 0.579. The largest absolute Gasteiger partial charge is 0.216 e. The summed E-state index contributed by atoms with van der Waals surface area (Å²) in [6.45, 7) is 2.28. The molecule has 0 radical (unpaired) electrons. The number of rotatable bonds is 6. The van der Waals surface area contributed by atoms with Gasteiger partial charge in [0.15, 0.2) is 0 Å². The predicted molar refractivity (Wildman–Crippen MR) is 85.4 cm³/mol. The van der Waals surface area contributed by atoms with E-state index in [2.05, 4.69) is 19.1 Å². The summed E-state index contributed by atoms with van der Waals surface area (Å²) in [7, 11) is 0.